The molecule has 2 aromatic rings. The summed E-state index contributed by atoms with van der Waals surface area (Å²) < 4.78 is 0. The number of hydrogen-bond donors (Lipinski definition) is 1. The zero-order valence-corrected chi connectivity index (χ0v) is 13.8. The Labute approximate surface area is 138 Å². The number of nitrogens with one attached hydrogen (secondary N) is 1. The molecule has 0 bridgehead atoms. The fourth-order valence-electron chi connectivity index (χ4n) is 2.02. The topological polar surface area (TPSA) is 12.0 Å². The summed E-state index contributed by atoms with van der Waals surface area (Å²) >= 11 is 24.0. The summed E-state index contributed by atoms with van der Waals surface area (Å²) in [6.45, 7) is 0. The van der Waals surface area contributed by atoms with Crippen molar-refractivity contribution >= 4 is 46.4 Å². The minimum absolute atomic E-state index is 0.127. The van der Waals surface area contributed by atoms with E-state index in [9.17, 15) is 0 Å². The van der Waals surface area contributed by atoms with Gasteiger partial charge in [0.2, 0.25) is 0 Å². The summed E-state index contributed by atoms with van der Waals surface area (Å²) in [7, 11) is 1.91. The second-order valence-corrected chi connectivity index (χ2v) is 6.10. The van der Waals surface area contributed by atoms with Crippen molar-refractivity contribution in [3.8, 4) is 0 Å². The molecule has 0 fully saturated rings. The molecule has 2 aromatic carbocycles. The highest BCUT2D eigenvalue weighted by atomic mass is 35.5. The van der Waals surface area contributed by atoms with Crippen molar-refractivity contribution in [2.45, 2.75) is 12.5 Å². The van der Waals surface area contributed by atoms with E-state index in [0.717, 1.165) is 17.5 Å². The monoisotopic (exact) mass is 347 g/mol. The van der Waals surface area contributed by atoms with Crippen LogP contribution >= 0.6 is 46.4 Å². The molecular formula is C15H13Cl4N. The van der Waals surface area contributed by atoms with Gasteiger partial charge in [-0.25, -0.2) is 0 Å². The van der Waals surface area contributed by atoms with Gasteiger partial charge in [0.05, 0.1) is 20.1 Å². The number of hydrogen-bond acceptors (Lipinski definition) is 1. The maximum Gasteiger partial charge on any atom is 0.0595 e. The molecule has 0 radical (unpaired) electrons. The van der Waals surface area contributed by atoms with Crippen molar-refractivity contribution in [1.82, 2.24) is 5.32 Å². The van der Waals surface area contributed by atoms with Crippen LogP contribution in [0.25, 0.3) is 0 Å². The molecule has 0 spiro atoms. The van der Waals surface area contributed by atoms with E-state index in [0.29, 0.717) is 20.1 Å². The molecule has 20 heavy (non-hydrogen) atoms. The predicted molar refractivity (Wildman–Crippen MR) is 88.4 cm³/mol. The van der Waals surface area contributed by atoms with Crippen LogP contribution < -0.4 is 5.32 Å². The number of rotatable bonds is 4. The Balaban J connectivity index is 2.23. The zero-order chi connectivity index (χ0) is 14.7. The van der Waals surface area contributed by atoms with E-state index in [1.165, 1.54) is 0 Å². The molecule has 2 rings (SSSR count). The van der Waals surface area contributed by atoms with Gasteiger partial charge in [-0.3, -0.25) is 0 Å². The van der Waals surface area contributed by atoms with Crippen LogP contribution in [0, 0.1) is 0 Å². The molecule has 0 amide bonds. The van der Waals surface area contributed by atoms with Crippen molar-refractivity contribution in [3.63, 3.8) is 0 Å². The first-order valence-corrected chi connectivity index (χ1v) is 7.58. The van der Waals surface area contributed by atoms with Crippen molar-refractivity contribution < 1.29 is 0 Å². The van der Waals surface area contributed by atoms with Crippen molar-refractivity contribution in [1.29, 1.82) is 0 Å². The number of halogens is 4. The van der Waals surface area contributed by atoms with E-state index in [2.05, 4.69) is 5.32 Å². The third-order valence-corrected chi connectivity index (χ3v) is 4.60. The van der Waals surface area contributed by atoms with Gasteiger partial charge >= 0.3 is 0 Å². The summed E-state index contributed by atoms with van der Waals surface area (Å²) in [4.78, 5) is 0. The fourth-order valence-corrected chi connectivity index (χ4v) is 2.65. The molecule has 0 aliphatic carbocycles. The van der Waals surface area contributed by atoms with Gasteiger partial charge in [0.15, 0.2) is 0 Å². The molecule has 1 unspecified atom stereocenters. The van der Waals surface area contributed by atoms with Crippen molar-refractivity contribution in [2.75, 3.05) is 7.05 Å². The predicted octanol–water partition coefficient (Wildman–Crippen LogP) is 5.80. The lowest BCUT2D eigenvalue weighted by Gasteiger charge is -2.17. The lowest BCUT2D eigenvalue weighted by Crippen LogP contribution is -2.18. The average molecular weight is 349 g/mol. The van der Waals surface area contributed by atoms with Crippen LogP contribution in [0.1, 0.15) is 17.2 Å². The molecule has 5 heteroatoms. The second kappa shape index (κ2) is 7.02. The van der Waals surface area contributed by atoms with Crippen LogP contribution in [-0.4, -0.2) is 7.05 Å². The van der Waals surface area contributed by atoms with Gasteiger partial charge in [0.1, 0.15) is 0 Å². The van der Waals surface area contributed by atoms with Gasteiger partial charge in [-0.05, 0) is 48.9 Å². The van der Waals surface area contributed by atoms with Crippen LogP contribution in [0.5, 0.6) is 0 Å². The minimum atomic E-state index is 0.127. The lowest BCUT2D eigenvalue weighted by atomic mass is 9.99. The van der Waals surface area contributed by atoms with Crippen LogP contribution in [0.4, 0.5) is 0 Å². The third-order valence-electron chi connectivity index (χ3n) is 3.12. The summed E-state index contributed by atoms with van der Waals surface area (Å²) in [6.07, 6.45) is 0.783. The molecule has 0 saturated heterocycles. The molecule has 1 N–H and O–H groups in total. The average Bonchev–Trinajstić information content (AvgIpc) is 2.43. The van der Waals surface area contributed by atoms with Crippen LogP contribution in [-0.2, 0) is 6.42 Å². The number of benzene rings is 2. The van der Waals surface area contributed by atoms with E-state index in [-0.39, 0.29) is 6.04 Å². The Morgan fingerprint density at radius 2 is 1.45 bits per heavy atom. The molecule has 106 valence electrons. The molecular weight excluding hydrogens is 336 g/mol. The van der Waals surface area contributed by atoms with Crippen LogP contribution in [0.15, 0.2) is 36.4 Å². The smallest absolute Gasteiger partial charge is 0.0595 e. The normalized spacial score (nSPS) is 12.4. The molecule has 0 aliphatic rings. The van der Waals surface area contributed by atoms with Crippen molar-refractivity contribution in [2.24, 2.45) is 0 Å². The summed E-state index contributed by atoms with van der Waals surface area (Å²) in [6, 6.07) is 11.4. The van der Waals surface area contributed by atoms with Gasteiger partial charge in [-0.2, -0.15) is 0 Å². The molecule has 0 aliphatic heterocycles. The minimum Gasteiger partial charge on any atom is -0.313 e. The van der Waals surface area contributed by atoms with Crippen molar-refractivity contribution in [3.05, 3.63) is 67.6 Å². The summed E-state index contributed by atoms with van der Waals surface area (Å²) in [5.41, 5.74) is 2.18. The third kappa shape index (κ3) is 3.81. The Morgan fingerprint density at radius 1 is 0.850 bits per heavy atom. The van der Waals surface area contributed by atoms with E-state index < -0.39 is 0 Å². The molecule has 0 saturated carbocycles. The first-order valence-electron chi connectivity index (χ1n) is 6.07. The van der Waals surface area contributed by atoms with Gasteiger partial charge in [-0.15, -0.1) is 0 Å². The van der Waals surface area contributed by atoms with Gasteiger partial charge in [0.25, 0.3) is 0 Å². The maximum absolute atomic E-state index is 6.07. The molecule has 1 nitrogen and oxygen atoms in total. The lowest BCUT2D eigenvalue weighted by molar-refractivity contribution is 0.592. The largest absolute Gasteiger partial charge is 0.313 e. The van der Waals surface area contributed by atoms with E-state index in [1.54, 1.807) is 12.1 Å². The van der Waals surface area contributed by atoms with E-state index in [4.69, 9.17) is 46.4 Å². The highest BCUT2D eigenvalue weighted by Gasteiger charge is 2.12. The Morgan fingerprint density at radius 3 is 2.00 bits per heavy atom. The summed E-state index contributed by atoms with van der Waals surface area (Å²) in [5.74, 6) is 0. The first kappa shape index (κ1) is 15.9. The Kier molecular flexibility index (Phi) is 5.59. The molecule has 1 atom stereocenters. The Bertz CT molecular complexity index is 613. The second-order valence-electron chi connectivity index (χ2n) is 4.47. The van der Waals surface area contributed by atoms with Crippen LogP contribution in [0.2, 0.25) is 20.1 Å². The highest BCUT2D eigenvalue weighted by Crippen LogP contribution is 2.29. The standard InChI is InChI=1S/C15H13Cl4N/c1-20-15(10-3-5-12(17)14(19)8-10)7-9-2-4-11(16)13(18)6-9/h2-6,8,15,20H,7H2,1H3. The van der Waals surface area contributed by atoms with Gasteiger partial charge < -0.3 is 5.32 Å². The fraction of sp³-hybridized carbons (Fsp3) is 0.200. The van der Waals surface area contributed by atoms with Crippen LogP contribution in [0.3, 0.4) is 0 Å². The SMILES string of the molecule is CNC(Cc1ccc(Cl)c(Cl)c1)c1ccc(Cl)c(Cl)c1. The molecule has 0 aromatic heterocycles. The highest BCUT2D eigenvalue weighted by molar-refractivity contribution is 6.42. The number of likely N-dealkylation sites (N-methyl/N-ethyl adjacent to an activating group) is 1. The first-order chi connectivity index (χ1) is 9.51. The van der Waals surface area contributed by atoms with Gasteiger partial charge in [0, 0.05) is 6.04 Å². The zero-order valence-electron chi connectivity index (χ0n) is 10.8. The summed E-state index contributed by atoms with van der Waals surface area (Å²) in [5, 5.41) is 5.50. The maximum atomic E-state index is 6.07. The quantitative estimate of drug-likeness (QED) is 0.735. The molecule has 0 heterocycles. The Hall–Kier alpha value is -0.440. The van der Waals surface area contributed by atoms with E-state index >= 15 is 0 Å². The van der Waals surface area contributed by atoms with E-state index in [1.807, 2.05) is 31.3 Å². The van der Waals surface area contributed by atoms with Gasteiger partial charge in [-0.1, -0.05) is 58.5 Å².